The third-order valence-electron chi connectivity index (χ3n) is 3.55. The first-order chi connectivity index (χ1) is 8.16. The molecule has 1 aliphatic rings. The van der Waals surface area contributed by atoms with E-state index in [-0.39, 0.29) is 5.92 Å². The van der Waals surface area contributed by atoms with E-state index < -0.39 is 5.97 Å². The molecule has 2 N–H and O–H groups in total. The van der Waals surface area contributed by atoms with Gasteiger partial charge in [0.2, 0.25) is 0 Å². The van der Waals surface area contributed by atoms with Gasteiger partial charge in [-0.15, -0.1) is 0 Å². The number of carboxylic acid groups (broad SMARTS) is 1. The van der Waals surface area contributed by atoms with Gasteiger partial charge in [0.05, 0.1) is 5.92 Å². The Labute approximate surface area is 106 Å². The van der Waals surface area contributed by atoms with Crippen LogP contribution in [0.4, 0.5) is 0 Å². The predicted molar refractivity (Wildman–Crippen MR) is 69.3 cm³/mol. The van der Waals surface area contributed by atoms with Crippen LogP contribution in [0.5, 0.6) is 0 Å². The zero-order chi connectivity index (χ0) is 12.3. The summed E-state index contributed by atoms with van der Waals surface area (Å²) in [6, 6.07) is 2.79. The van der Waals surface area contributed by atoms with E-state index in [0.29, 0.717) is 12.1 Å². The maximum absolute atomic E-state index is 11.0. The summed E-state index contributed by atoms with van der Waals surface area (Å²) in [5, 5.41) is 16.8. The maximum atomic E-state index is 11.0. The van der Waals surface area contributed by atoms with Gasteiger partial charge >= 0.3 is 5.97 Å². The van der Waals surface area contributed by atoms with E-state index in [1.807, 2.05) is 0 Å². The van der Waals surface area contributed by atoms with Crippen LogP contribution in [0.25, 0.3) is 0 Å². The highest BCUT2D eigenvalue weighted by Crippen LogP contribution is 2.26. The third kappa shape index (κ3) is 3.30. The van der Waals surface area contributed by atoms with Gasteiger partial charge in [0.25, 0.3) is 0 Å². The van der Waals surface area contributed by atoms with Crippen LogP contribution in [0.15, 0.2) is 16.8 Å². The molecule has 0 radical (unpaired) electrons. The number of carbonyl (C=O) groups is 1. The Morgan fingerprint density at radius 1 is 1.59 bits per heavy atom. The second-order valence-corrected chi connectivity index (χ2v) is 5.62. The Hall–Kier alpha value is -0.870. The van der Waals surface area contributed by atoms with Crippen LogP contribution in [0, 0.1) is 5.92 Å². The Kier molecular flexibility index (Phi) is 4.18. The quantitative estimate of drug-likeness (QED) is 0.867. The Balaban J connectivity index is 1.88. The van der Waals surface area contributed by atoms with Crippen LogP contribution in [0.1, 0.15) is 44.2 Å². The average Bonchev–Trinajstić information content (AvgIpc) is 2.82. The van der Waals surface area contributed by atoms with Gasteiger partial charge in [0.15, 0.2) is 0 Å². The number of carboxylic acids is 1. The zero-order valence-corrected chi connectivity index (χ0v) is 10.9. The Morgan fingerprint density at radius 3 is 3.06 bits per heavy atom. The zero-order valence-electron chi connectivity index (χ0n) is 10.1. The predicted octanol–water partition coefficient (Wildman–Crippen LogP) is 3.04. The van der Waals surface area contributed by atoms with E-state index >= 15 is 0 Å². The molecule has 1 aromatic heterocycles. The van der Waals surface area contributed by atoms with Crippen LogP contribution in [0.2, 0.25) is 0 Å². The van der Waals surface area contributed by atoms with Crippen molar-refractivity contribution in [3.05, 3.63) is 22.4 Å². The topological polar surface area (TPSA) is 49.3 Å². The fourth-order valence-corrected chi connectivity index (χ4v) is 3.29. The van der Waals surface area contributed by atoms with Crippen molar-refractivity contribution in [1.29, 1.82) is 0 Å². The van der Waals surface area contributed by atoms with Gasteiger partial charge in [-0.25, -0.2) is 0 Å². The molecule has 0 amide bonds. The highest BCUT2D eigenvalue weighted by Gasteiger charge is 2.27. The molecule has 17 heavy (non-hydrogen) atoms. The molecule has 0 aromatic carbocycles. The number of thiophene rings is 1. The Morgan fingerprint density at radius 2 is 2.41 bits per heavy atom. The van der Waals surface area contributed by atoms with Gasteiger partial charge in [-0.1, -0.05) is 6.42 Å². The minimum absolute atomic E-state index is 0.157. The van der Waals surface area contributed by atoms with Crippen molar-refractivity contribution in [2.75, 3.05) is 0 Å². The van der Waals surface area contributed by atoms with Crippen molar-refractivity contribution < 1.29 is 9.90 Å². The molecule has 0 aliphatic heterocycles. The van der Waals surface area contributed by atoms with Crippen LogP contribution in [0.3, 0.4) is 0 Å². The molecule has 0 spiro atoms. The number of rotatable bonds is 4. The lowest BCUT2D eigenvalue weighted by Crippen LogP contribution is -2.37. The normalized spacial score (nSPS) is 26.6. The van der Waals surface area contributed by atoms with Crippen molar-refractivity contribution in [1.82, 2.24) is 5.32 Å². The smallest absolute Gasteiger partial charge is 0.306 e. The van der Waals surface area contributed by atoms with Crippen molar-refractivity contribution in [2.24, 2.45) is 5.92 Å². The lowest BCUT2D eigenvalue weighted by Gasteiger charge is -2.29. The second-order valence-electron chi connectivity index (χ2n) is 4.84. The van der Waals surface area contributed by atoms with Crippen molar-refractivity contribution in [3.63, 3.8) is 0 Å². The van der Waals surface area contributed by atoms with E-state index in [9.17, 15) is 4.79 Å². The molecule has 94 valence electrons. The third-order valence-corrected chi connectivity index (χ3v) is 4.25. The molecule has 1 heterocycles. The van der Waals surface area contributed by atoms with Crippen molar-refractivity contribution in [2.45, 2.75) is 44.7 Å². The van der Waals surface area contributed by atoms with Gasteiger partial charge in [-0.3, -0.25) is 4.79 Å². The summed E-state index contributed by atoms with van der Waals surface area (Å²) in [5.41, 5.74) is 1.30. The van der Waals surface area contributed by atoms with E-state index in [2.05, 4.69) is 29.1 Å². The molecule has 1 saturated carbocycles. The van der Waals surface area contributed by atoms with Crippen molar-refractivity contribution >= 4 is 17.3 Å². The summed E-state index contributed by atoms with van der Waals surface area (Å²) >= 11 is 1.70. The summed E-state index contributed by atoms with van der Waals surface area (Å²) in [7, 11) is 0. The van der Waals surface area contributed by atoms with Gasteiger partial charge in [-0.05, 0) is 48.6 Å². The molecule has 4 heteroatoms. The summed E-state index contributed by atoms with van der Waals surface area (Å²) in [6.45, 7) is 2.15. The van der Waals surface area contributed by atoms with E-state index in [1.54, 1.807) is 11.3 Å². The lowest BCUT2D eigenvalue weighted by molar-refractivity contribution is -0.143. The molecule has 2 rings (SSSR count). The summed E-state index contributed by atoms with van der Waals surface area (Å²) < 4.78 is 0. The fourth-order valence-electron chi connectivity index (χ4n) is 2.54. The molecule has 1 fully saturated rings. The van der Waals surface area contributed by atoms with Gasteiger partial charge < -0.3 is 10.4 Å². The number of aliphatic carboxylic acids is 1. The second kappa shape index (κ2) is 5.65. The van der Waals surface area contributed by atoms with E-state index in [4.69, 9.17) is 5.11 Å². The van der Waals surface area contributed by atoms with E-state index in [0.717, 1.165) is 25.7 Å². The van der Waals surface area contributed by atoms with E-state index in [1.165, 1.54) is 5.56 Å². The van der Waals surface area contributed by atoms with Gasteiger partial charge in [0, 0.05) is 12.1 Å². The standard InChI is InChI=1S/C13H19NO2S/c1-9(11-5-6-17-8-11)14-12-4-2-3-10(7-12)13(15)16/h5-6,8-10,12,14H,2-4,7H2,1H3,(H,15,16). The molecule has 1 aromatic rings. The lowest BCUT2D eigenvalue weighted by atomic mass is 9.85. The maximum Gasteiger partial charge on any atom is 0.306 e. The molecule has 0 bridgehead atoms. The van der Waals surface area contributed by atoms with Crippen LogP contribution >= 0.6 is 11.3 Å². The summed E-state index contributed by atoms with van der Waals surface area (Å²) in [4.78, 5) is 11.0. The number of hydrogen-bond acceptors (Lipinski definition) is 3. The largest absolute Gasteiger partial charge is 0.481 e. The molecule has 3 unspecified atom stereocenters. The fraction of sp³-hybridized carbons (Fsp3) is 0.615. The highest BCUT2D eigenvalue weighted by atomic mass is 32.1. The monoisotopic (exact) mass is 253 g/mol. The highest BCUT2D eigenvalue weighted by molar-refractivity contribution is 7.07. The average molecular weight is 253 g/mol. The number of hydrogen-bond donors (Lipinski definition) is 2. The molecule has 0 saturated heterocycles. The first kappa shape index (κ1) is 12.6. The minimum atomic E-state index is -0.639. The molecule has 3 nitrogen and oxygen atoms in total. The minimum Gasteiger partial charge on any atom is -0.481 e. The molecule has 3 atom stereocenters. The van der Waals surface area contributed by atoms with Crippen molar-refractivity contribution in [3.8, 4) is 0 Å². The van der Waals surface area contributed by atoms with Gasteiger partial charge in [-0.2, -0.15) is 11.3 Å². The van der Waals surface area contributed by atoms with Crippen LogP contribution in [-0.2, 0) is 4.79 Å². The van der Waals surface area contributed by atoms with Crippen LogP contribution < -0.4 is 5.32 Å². The first-order valence-electron chi connectivity index (χ1n) is 6.17. The SMILES string of the molecule is CC(NC1CCCC(C(=O)O)C1)c1ccsc1. The molecule has 1 aliphatic carbocycles. The summed E-state index contributed by atoms with van der Waals surface area (Å²) in [6.07, 6.45) is 3.72. The molecular weight excluding hydrogens is 234 g/mol. The van der Waals surface area contributed by atoms with Gasteiger partial charge in [0.1, 0.15) is 0 Å². The molecular formula is C13H19NO2S. The number of nitrogens with one attached hydrogen (secondary N) is 1. The summed E-state index contributed by atoms with van der Waals surface area (Å²) in [5.74, 6) is -0.796. The Bertz CT molecular complexity index is 364. The van der Waals surface area contributed by atoms with Crippen LogP contribution in [-0.4, -0.2) is 17.1 Å². The first-order valence-corrected chi connectivity index (χ1v) is 7.12.